The van der Waals surface area contributed by atoms with E-state index in [1.165, 1.54) is 13.4 Å². The first-order chi connectivity index (χ1) is 7.76. The molecule has 88 valence electrons. The van der Waals surface area contributed by atoms with Gasteiger partial charge in [0.25, 0.3) is 0 Å². The van der Waals surface area contributed by atoms with E-state index in [1.54, 1.807) is 0 Å². The number of methoxy groups -OCH3 is 1. The number of rotatable bonds is 6. The predicted molar refractivity (Wildman–Crippen MR) is 61.1 cm³/mol. The second-order valence-corrected chi connectivity index (χ2v) is 3.40. The van der Waals surface area contributed by atoms with Gasteiger partial charge in [0.05, 0.1) is 13.5 Å². The van der Waals surface area contributed by atoms with Crippen LogP contribution >= 0.6 is 0 Å². The van der Waals surface area contributed by atoms with Crippen molar-refractivity contribution in [2.45, 2.75) is 26.2 Å². The van der Waals surface area contributed by atoms with Crippen molar-refractivity contribution in [2.75, 3.05) is 19.0 Å². The highest BCUT2D eigenvalue weighted by Gasteiger charge is 2.01. The average molecular weight is 223 g/mol. The minimum Gasteiger partial charge on any atom is -0.469 e. The van der Waals surface area contributed by atoms with Crippen LogP contribution in [0.1, 0.15) is 25.5 Å². The zero-order valence-electron chi connectivity index (χ0n) is 9.69. The summed E-state index contributed by atoms with van der Waals surface area (Å²) in [5, 5.41) is 3.06. The number of ether oxygens (including phenoxy) is 1. The summed E-state index contributed by atoms with van der Waals surface area (Å²) < 4.78 is 4.54. The van der Waals surface area contributed by atoms with Crippen LogP contribution in [0, 0.1) is 0 Å². The first-order valence-corrected chi connectivity index (χ1v) is 5.38. The van der Waals surface area contributed by atoms with Gasteiger partial charge in [-0.25, -0.2) is 9.97 Å². The maximum Gasteiger partial charge on any atom is 0.307 e. The third-order valence-corrected chi connectivity index (χ3v) is 2.09. The van der Waals surface area contributed by atoms with Gasteiger partial charge in [0.15, 0.2) is 0 Å². The first kappa shape index (κ1) is 12.4. The molecule has 0 aliphatic heterocycles. The Morgan fingerprint density at radius 2 is 2.31 bits per heavy atom. The van der Waals surface area contributed by atoms with Crippen molar-refractivity contribution in [3.05, 3.63) is 18.1 Å². The number of hydrogen-bond acceptors (Lipinski definition) is 5. The van der Waals surface area contributed by atoms with E-state index in [2.05, 4.69) is 26.9 Å². The van der Waals surface area contributed by atoms with E-state index in [9.17, 15) is 4.79 Å². The standard InChI is InChI=1S/C11H17N3O2/c1-3-4-9-7-10(14-8-13-9)12-6-5-11(15)16-2/h7-8H,3-6H2,1-2H3,(H,12,13,14). The topological polar surface area (TPSA) is 64.1 Å². The van der Waals surface area contributed by atoms with Gasteiger partial charge in [-0.15, -0.1) is 0 Å². The van der Waals surface area contributed by atoms with Crippen LogP contribution in [0.4, 0.5) is 5.82 Å². The smallest absolute Gasteiger partial charge is 0.307 e. The second kappa shape index (κ2) is 6.76. The number of aromatic nitrogens is 2. The highest BCUT2D eigenvalue weighted by Crippen LogP contribution is 2.05. The van der Waals surface area contributed by atoms with Gasteiger partial charge < -0.3 is 10.1 Å². The molecular weight excluding hydrogens is 206 g/mol. The molecular formula is C11H17N3O2. The molecule has 5 heteroatoms. The van der Waals surface area contributed by atoms with Crippen LogP contribution in [0.2, 0.25) is 0 Å². The lowest BCUT2D eigenvalue weighted by molar-refractivity contribution is -0.140. The zero-order valence-corrected chi connectivity index (χ0v) is 9.69. The van der Waals surface area contributed by atoms with Crippen molar-refractivity contribution in [3.63, 3.8) is 0 Å². The summed E-state index contributed by atoms with van der Waals surface area (Å²) in [5.74, 6) is 0.526. The third-order valence-electron chi connectivity index (χ3n) is 2.09. The molecule has 0 aliphatic carbocycles. The maximum atomic E-state index is 10.9. The molecule has 1 aromatic rings. The van der Waals surface area contributed by atoms with Gasteiger partial charge in [-0.3, -0.25) is 4.79 Å². The molecule has 0 unspecified atom stereocenters. The van der Waals surface area contributed by atoms with E-state index in [4.69, 9.17) is 0 Å². The molecule has 0 fully saturated rings. The molecule has 0 radical (unpaired) electrons. The second-order valence-electron chi connectivity index (χ2n) is 3.40. The summed E-state index contributed by atoms with van der Waals surface area (Å²) >= 11 is 0. The van der Waals surface area contributed by atoms with Crippen LogP contribution in [0.3, 0.4) is 0 Å². The Morgan fingerprint density at radius 1 is 1.50 bits per heavy atom. The van der Waals surface area contributed by atoms with Gasteiger partial charge in [0.1, 0.15) is 12.1 Å². The molecule has 0 amide bonds. The van der Waals surface area contributed by atoms with Crippen LogP contribution < -0.4 is 5.32 Å². The number of carbonyl (C=O) groups excluding carboxylic acids is 1. The molecule has 0 spiro atoms. The van der Waals surface area contributed by atoms with E-state index in [0.717, 1.165) is 24.4 Å². The molecule has 0 bridgehead atoms. The van der Waals surface area contributed by atoms with Crippen LogP contribution in [-0.2, 0) is 16.0 Å². The van der Waals surface area contributed by atoms with E-state index in [1.807, 2.05) is 6.07 Å². The van der Waals surface area contributed by atoms with Crippen molar-refractivity contribution >= 4 is 11.8 Å². The average Bonchev–Trinajstić information content (AvgIpc) is 2.30. The van der Waals surface area contributed by atoms with Gasteiger partial charge in [0, 0.05) is 18.3 Å². The van der Waals surface area contributed by atoms with Crippen LogP contribution in [0.15, 0.2) is 12.4 Å². The summed E-state index contributed by atoms with van der Waals surface area (Å²) in [7, 11) is 1.38. The van der Waals surface area contributed by atoms with Crippen molar-refractivity contribution in [1.82, 2.24) is 9.97 Å². The number of aryl methyl sites for hydroxylation is 1. The highest BCUT2D eigenvalue weighted by molar-refractivity contribution is 5.69. The molecule has 1 heterocycles. The van der Waals surface area contributed by atoms with Gasteiger partial charge in [0.2, 0.25) is 0 Å². The Labute approximate surface area is 95.3 Å². The Kier molecular flexibility index (Phi) is 5.25. The molecule has 1 N–H and O–H groups in total. The number of carbonyl (C=O) groups is 1. The normalized spacial score (nSPS) is 9.88. The fourth-order valence-corrected chi connectivity index (χ4v) is 1.28. The van der Waals surface area contributed by atoms with E-state index in [0.29, 0.717) is 13.0 Å². The Bertz CT molecular complexity index is 342. The fourth-order valence-electron chi connectivity index (χ4n) is 1.28. The van der Waals surface area contributed by atoms with E-state index in [-0.39, 0.29) is 5.97 Å². The highest BCUT2D eigenvalue weighted by atomic mass is 16.5. The summed E-state index contributed by atoms with van der Waals surface area (Å²) in [6.07, 6.45) is 3.86. The van der Waals surface area contributed by atoms with Crippen LogP contribution in [0.25, 0.3) is 0 Å². The third kappa shape index (κ3) is 4.25. The lowest BCUT2D eigenvalue weighted by atomic mass is 10.2. The summed E-state index contributed by atoms with van der Waals surface area (Å²) in [6.45, 7) is 2.63. The summed E-state index contributed by atoms with van der Waals surface area (Å²) in [4.78, 5) is 19.1. The first-order valence-electron chi connectivity index (χ1n) is 5.38. The minimum absolute atomic E-state index is 0.227. The Balaban J connectivity index is 2.41. The zero-order chi connectivity index (χ0) is 11.8. The summed E-state index contributed by atoms with van der Waals surface area (Å²) in [6, 6.07) is 1.90. The van der Waals surface area contributed by atoms with Crippen LogP contribution in [0.5, 0.6) is 0 Å². The van der Waals surface area contributed by atoms with Crippen molar-refractivity contribution in [3.8, 4) is 0 Å². The molecule has 0 saturated carbocycles. The largest absolute Gasteiger partial charge is 0.469 e. The predicted octanol–water partition coefficient (Wildman–Crippen LogP) is 1.40. The fraction of sp³-hybridized carbons (Fsp3) is 0.545. The van der Waals surface area contributed by atoms with Crippen molar-refractivity contribution in [2.24, 2.45) is 0 Å². The van der Waals surface area contributed by atoms with E-state index < -0.39 is 0 Å². The number of esters is 1. The van der Waals surface area contributed by atoms with E-state index >= 15 is 0 Å². The van der Waals surface area contributed by atoms with Gasteiger partial charge >= 0.3 is 5.97 Å². The quantitative estimate of drug-likeness (QED) is 0.738. The summed E-state index contributed by atoms with van der Waals surface area (Å²) in [5.41, 5.74) is 1.01. The molecule has 0 saturated heterocycles. The Morgan fingerprint density at radius 3 is 3.00 bits per heavy atom. The van der Waals surface area contributed by atoms with Gasteiger partial charge in [-0.05, 0) is 6.42 Å². The van der Waals surface area contributed by atoms with Crippen LogP contribution in [-0.4, -0.2) is 29.6 Å². The Hall–Kier alpha value is -1.65. The number of hydrogen-bond donors (Lipinski definition) is 1. The molecule has 0 aliphatic rings. The molecule has 0 atom stereocenters. The lowest BCUT2D eigenvalue weighted by Crippen LogP contribution is -2.10. The van der Waals surface area contributed by atoms with Crippen molar-refractivity contribution in [1.29, 1.82) is 0 Å². The molecule has 1 aromatic heterocycles. The number of nitrogens with one attached hydrogen (secondary N) is 1. The van der Waals surface area contributed by atoms with Gasteiger partial charge in [-0.2, -0.15) is 0 Å². The van der Waals surface area contributed by atoms with Crippen molar-refractivity contribution < 1.29 is 9.53 Å². The molecule has 0 aromatic carbocycles. The van der Waals surface area contributed by atoms with Gasteiger partial charge in [-0.1, -0.05) is 13.3 Å². The molecule has 1 rings (SSSR count). The number of nitrogens with zero attached hydrogens (tertiary/aromatic N) is 2. The SMILES string of the molecule is CCCc1cc(NCCC(=O)OC)ncn1. The number of anilines is 1. The monoisotopic (exact) mass is 223 g/mol. The minimum atomic E-state index is -0.227. The maximum absolute atomic E-state index is 10.9. The lowest BCUT2D eigenvalue weighted by Gasteiger charge is -2.05. The molecule has 5 nitrogen and oxygen atoms in total. The molecule has 16 heavy (non-hydrogen) atoms.